The fourth-order valence-corrected chi connectivity index (χ4v) is 4.46. The Labute approximate surface area is 168 Å². The number of thiazole rings is 1. The summed E-state index contributed by atoms with van der Waals surface area (Å²) in [7, 11) is 0. The number of carbonyl (C=O) groups is 1. The van der Waals surface area contributed by atoms with Gasteiger partial charge in [0, 0.05) is 31.7 Å². The second-order valence-electron chi connectivity index (χ2n) is 8.22. The van der Waals surface area contributed by atoms with Gasteiger partial charge in [-0.25, -0.2) is 9.37 Å². The number of halogens is 1. The van der Waals surface area contributed by atoms with Gasteiger partial charge in [-0.2, -0.15) is 0 Å². The minimum Gasteiger partial charge on any atom is -0.345 e. The number of anilines is 1. The number of benzene rings is 2. The smallest absolute Gasteiger partial charge is 0.253 e. The predicted molar refractivity (Wildman–Crippen MR) is 113 cm³/mol. The van der Waals surface area contributed by atoms with Gasteiger partial charge in [-0.1, -0.05) is 44.2 Å². The molecule has 1 aromatic heterocycles. The Kier molecular flexibility index (Phi) is 4.83. The summed E-state index contributed by atoms with van der Waals surface area (Å²) in [6.07, 6.45) is 0. The van der Waals surface area contributed by atoms with Gasteiger partial charge in [0.15, 0.2) is 5.13 Å². The zero-order valence-electron chi connectivity index (χ0n) is 16.4. The van der Waals surface area contributed by atoms with Crippen LogP contribution in [0.3, 0.4) is 0 Å². The molecule has 0 radical (unpaired) electrons. The molecule has 0 spiro atoms. The molecule has 1 saturated heterocycles. The Bertz CT molecular complexity index is 999. The first-order valence-electron chi connectivity index (χ1n) is 9.52. The number of aromatic nitrogens is 1. The van der Waals surface area contributed by atoms with E-state index in [1.165, 1.54) is 29.0 Å². The van der Waals surface area contributed by atoms with Crippen molar-refractivity contribution in [1.82, 2.24) is 9.88 Å². The molecule has 1 fully saturated rings. The Morgan fingerprint density at radius 3 is 2.36 bits per heavy atom. The third-order valence-corrected chi connectivity index (χ3v) is 6.25. The SMILES string of the molecule is CC(C)(C)c1ccc(C(=O)N2CCN(c3nc4ccc(F)cc4s3)CC2)cc1. The number of rotatable bonds is 2. The first-order chi connectivity index (χ1) is 13.3. The van der Waals surface area contributed by atoms with E-state index in [1.807, 2.05) is 29.2 Å². The highest BCUT2D eigenvalue weighted by molar-refractivity contribution is 7.22. The highest BCUT2D eigenvalue weighted by Gasteiger charge is 2.24. The van der Waals surface area contributed by atoms with Crippen molar-refractivity contribution in [1.29, 1.82) is 0 Å². The molecule has 6 heteroatoms. The highest BCUT2D eigenvalue weighted by Crippen LogP contribution is 2.30. The van der Waals surface area contributed by atoms with Crippen LogP contribution in [0.25, 0.3) is 10.2 Å². The molecule has 0 aliphatic carbocycles. The van der Waals surface area contributed by atoms with Crippen LogP contribution >= 0.6 is 11.3 Å². The molecule has 0 bridgehead atoms. The summed E-state index contributed by atoms with van der Waals surface area (Å²) < 4.78 is 14.3. The summed E-state index contributed by atoms with van der Waals surface area (Å²) in [5.41, 5.74) is 2.85. The van der Waals surface area contributed by atoms with E-state index in [9.17, 15) is 9.18 Å². The Hall–Kier alpha value is -2.47. The number of nitrogens with zero attached hydrogens (tertiary/aromatic N) is 3. The fourth-order valence-electron chi connectivity index (χ4n) is 3.42. The molecule has 4 rings (SSSR count). The molecule has 0 N–H and O–H groups in total. The molecule has 1 aliphatic rings. The Morgan fingerprint density at radius 2 is 1.71 bits per heavy atom. The maximum atomic E-state index is 13.4. The third kappa shape index (κ3) is 3.74. The van der Waals surface area contributed by atoms with Crippen LogP contribution in [0.15, 0.2) is 42.5 Å². The van der Waals surface area contributed by atoms with Crippen molar-refractivity contribution < 1.29 is 9.18 Å². The summed E-state index contributed by atoms with van der Waals surface area (Å²) in [6, 6.07) is 12.6. The van der Waals surface area contributed by atoms with Crippen LogP contribution in [-0.2, 0) is 5.41 Å². The third-order valence-electron chi connectivity index (χ3n) is 5.17. The summed E-state index contributed by atoms with van der Waals surface area (Å²) in [4.78, 5) is 21.5. The normalized spacial score (nSPS) is 15.3. The molecular formula is C22H24FN3OS. The molecule has 2 aromatic carbocycles. The fraction of sp³-hybridized carbons (Fsp3) is 0.364. The van der Waals surface area contributed by atoms with Crippen molar-refractivity contribution in [2.45, 2.75) is 26.2 Å². The lowest BCUT2D eigenvalue weighted by atomic mass is 9.86. The largest absolute Gasteiger partial charge is 0.345 e. The summed E-state index contributed by atoms with van der Waals surface area (Å²) in [5.74, 6) is -0.165. The monoisotopic (exact) mass is 397 g/mol. The van der Waals surface area contributed by atoms with E-state index in [-0.39, 0.29) is 17.1 Å². The van der Waals surface area contributed by atoms with E-state index in [0.717, 1.165) is 34.0 Å². The molecule has 1 aliphatic heterocycles. The molecule has 1 amide bonds. The maximum Gasteiger partial charge on any atom is 0.253 e. The molecular weight excluding hydrogens is 373 g/mol. The Balaban J connectivity index is 1.42. The lowest BCUT2D eigenvalue weighted by Gasteiger charge is -2.34. The number of fused-ring (bicyclic) bond motifs is 1. The van der Waals surface area contributed by atoms with Crippen LogP contribution < -0.4 is 4.90 Å². The predicted octanol–water partition coefficient (Wildman–Crippen LogP) is 4.70. The summed E-state index contributed by atoms with van der Waals surface area (Å²) in [6.45, 7) is 9.27. The van der Waals surface area contributed by atoms with Gasteiger partial charge in [0.25, 0.3) is 5.91 Å². The van der Waals surface area contributed by atoms with Crippen LogP contribution in [0.4, 0.5) is 9.52 Å². The average molecular weight is 398 g/mol. The molecule has 0 atom stereocenters. The first kappa shape index (κ1) is 18.9. The van der Waals surface area contributed by atoms with Gasteiger partial charge < -0.3 is 9.80 Å². The minimum absolute atomic E-state index is 0.0754. The molecule has 146 valence electrons. The highest BCUT2D eigenvalue weighted by atomic mass is 32.1. The molecule has 0 saturated carbocycles. The molecule has 4 nitrogen and oxygen atoms in total. The average Bonchev–Trinajstić information content (AvgIpc) is 3.10. The zero-order valence-corrected chi connectivity index (χ0v) is 17.2. The van der Waals surface area contributed by atoms with Gasteiger partial charge in [0.2, 0.25) is 0 Å². The van der Waals surface area contributed by atoms with Gasteiger partial charge >= 0.3 is 0 Å². The number of hydrogen-bond donors (Lipinski definition) is 0. The van der Waals surface area contributed by atoms with Crippen molar-refractivity contribution in [3.63, 3.8) is 0 Å². The summed E-state index contributed by atoms with van der Waals surface area (Å²) in [5, 5.41) is 0.891. The van der Waals surface area contributed by atoms with E-state index in [4.69, 9.17) is 0 Å². The second kappa shape index (κ2) is 7.17. The van der Waals surface area contributed by atoms with E-state index >= 15 is 0 Å². The minimum atomic E-state index is -0.240. The lowest BCUT2D eigenvalue weighted by Crippen LogP contribution is -2.48. The number of hydrogen-bond acceptors (Lipinski definition) is 4. The van der Waals surface area contributed by atoms with Crippen LogP contribution in [0, 0.1) is 5.82 Å². The van der Waals surface area contributed by atoms with Crippen molar-refractivity contribution in [2.75, 3.05) is 31.1 Å². The van der Waals surface area contributed by atoms with Crippen molar-refractivity contribution in [2.24, 2.45) is 0 Å². The molecule has 28 heavy (non-hydrogen) atoms. The van der Waals surface area contributed by atoms with Crippen LogP contribution in [0.1, 0.15) is 36.7 Å². The van der Waals surface area contributed by atoms with Crippen LogP contribution in [0.5, 0.6) is 0 Å². The quantitative estimate of drug-likeness (QED) is 0.629. The topological polar surface area (TPSA) is 36.4 Å². The van der Waals surface area contributed by atoms with Crippen molar-refractivity contribution in [3.05, 3.63) is 59.4 Å². The van der Waals surface area contributed by atoms with Crippen molar-refractivity contribution >= 4 is 32.6 Å². The van der Waals surface area contributed by atoms with E-state index < -0.39 is 0 Å². The molecule has 3 aromatic rings. The summed E-state index contributed by atoms with van der Waals surface area (Å²) >= 11 is 1.50. The van der Waals surface area contributed by atoms with Gasteiger partial charge in [0.1, 0.15) is 5.82 Å². The lowest BCUT2D eigenvalue weighted by molar-refractivity contribution is 0.0746. The van der Waals surface area contributed by atoms with Crippen LogP contribution in [0.2, 0.25) is 0 Å². The first-order valence-corrected chi connectivity index (χ1v) is 10.3. The van der Waals surface area contributed by atoms with E-state index in [2.05, 4.69) is 30.7 Å². The molecule has 2 heterocycles. The number of piperazine rings is 1. The van der Waals surface area contributed by atoms with Gasteiger partial charge in [0.05, 0.1) is 10.2 Å². The van der Waals surface area contributed by atoms with E-state index in [0.29, 0.717) is 13.1 Å². The van der Waals surface area contributed by atoms with Crippen molar-refractivity contribution in [3.8, 4) is 0 Å². The van der Waals surface area contributed by atoms with Gasteiger partial charge in [-0.15, -0.1) is 0 Å². The van der Waals surface area contributed by atoms with Gasteiger partial charge in [-0.05, 0) is 41.3 Å². The molecule has 0 unspecified atom stereocenters. The zero-order chi connectivity index (χ0) is 19.9. The number of carbonyl (C=O) groups excluding carboxylic acids is 1. The van der Waals surface area contributed by atoms with Gasteiger partial charge in [-0.3, -0.25) is 4.79 Å². The standard InChI is InChI=1S/C22H24FN3OS/c1-22(2,3)16-6-4-15(5-7-16)20(27)25-10-12-26(13-11-25)21-24-18-9-8-17(23)14-19(18)28-21/h4-9,14H,10-13H2,1-3H3. The maximum absolute atomic E-state index is 13.4. The van der Waals surface area contributed by atoms with Crippen LogP contribution in [-0.4, -0.2) is 42.0 Å². The van der Waals surface area contributed by atoms with E-state index in [1.54, 1.807) is 6.07 Å². The second-order valence-corrected chi connectivity index (χ2v) is 9.22. The Morgan fingerprint density at radius 1 is 1.04 bits per heavy atom. The number of amides is 1.